The highest BCUT2D eigenvalue weighted by atomic mass is 16.7. The minimum atomic E-state index is 0.0974. The molecule has 0 saturated carbocycles. The van der Waals surface area contributed by atoms with Crippen LogP contribution in [0.2, 0.25) is 0 Å². The molecule has 0 aromatic rings. The fourth-order valence-electron chi connectivity index (χ4n) is 2.71. The number of rotatable bonds is 5. The van der Waals surface area contributed by atoms with Gasteiger partial charge in [-0.15, -0.1) is 0 Å². The Labute approximate surface area is 114 Å². The number of piperidine rings is 1. The first-order valence-corrected chi connectivity index (χ1v) is 7.19. The highest BCUT2D eigenvalue weighted by molar-refractivity contribution is 5.78. The van der Waals surface area contributed by atoms with Gasteiger partial charge in [0, 0.05) is 26.2 Å². The number of nitrogens with two attached hydrogens (primary N) is 1. The number of nitrogens with zero attached hydrogens (tertiary/aromatic N) is 1. The van der Waals surface area contributed by atoms with Gasteiger partial charge in [0.15, 0.2) is 0 Å². The van der Waals surface area contributed by atoms with Crippen LogP contribution in [-0.2, 0) is 14.3 Å². The van der Waals surface area contributed by atoms with E-state index in [9.17, 15) is 4.79 Å². The molecule has 6 nitrogen and oxygen atoms in total. The molecule has 1 amide bonds. The van der Waals surface area contributed by atoms with E-state index in [1.165, 1.54) is 0 Å². The first kappa shape index (κ1) is 14.7. The van der Waals surface area contributed by atoms with Crippen LogP contribution in [0.1, 0.15) is 19.3 Å². The quantitative estimate of drug-likeness (QED) is 0.707. The average molecular weight is 271 g/mol. The fourth-order valence-corrected chi connectivity index (χ4v) is 2.71. The van der Waals surface area contributed by atoms with E-state index in [1.54, 1.807) is 0 Å². The molecule has 0 bridgehead atoms. The van der Waals surface area contributed by atoms with E-state index in [0.717, 1.165) is 45.5 Å². The van der Waals surface area contributed by atoms with Crippen LogP contribution in [0.15, 0.2) is 0 Å². The highest BCUT2D eigenvalue weighted by Gasteiger charge is 2.27. The van der Waals surface area contributed by atoms with Crippen molar-refractivity contribution in [2.45, 2.75) is 25.4 Å². The van der Waals surface area contributed by atoms with Crippen LogP contribution in [0.4, 0.5) is 0 Å². The zero-order valence-corrected chi connectivity index (χ0v) is 11.5. The Hall–Kier alpha value is -0.690. The standard InChI is InChI=1S/C13H25N3O3/c14-4-5-15-13(17)11-2-1-6-16(8-11)9-12-3-7-18-10-19-12/h11-12H,1-10,14H2,(H,15,17). The summed E-state index contributed by atoms with van der Waals surface area (Å²) in [5, 5.41) is 2.88. The van der Waals surface area contributed by atoms with Gasteiger partial charge < -0.3 is 20.5 Å². The molecule has 0 aliphatic carbocycles. The highest BCUT2D eigenvalue weighted by Crippen LogP contribution is 2.18. The molecule has 2 unspecified atom stereocenters. The van der Waals surface area contributed by atoms with Gasteiger partial charge in [-0.1, -0.05) is 0 Å². The summed E-state index contributed by atoms with van der Waals surface area (Å²) < 4.78 is 10.7. The van der Waals surface area contributed by atoms with Crippen molar-refractivity contribution >= 4 is 5.91 Å². The average Bonchev–Trinajstić information content (AvgIpc) is 2.46. The molecule has 0 spiro atoms. The maximum absolute atomic E-state index is 12.0. The van der Waals surface area contributed by atoms with Crippen molar-refractivity contribution in [2.75, 3.05) is 46.1 Å². The molecule has 2 heterocycles. The van der Waals surface area contributed by atoms with E-state index in [1.807, 2.05) is 0 Å². The topological polar surface area (TPSA) is 76.8 Å². The molecule has 2 fully saturated rings. The number of carbonyl (C=O) groups is 1. The van der Waals surface area contributed by atoms with Crippen molar-refractivity contribution < 1.29 is 14.3 Å². The smallest absolute Gasteiger partial charge is 0.224 e. The second-order valence-electron chi connectivity index (χ2n) is 5.28. The lowest BCUT2D eigenvalue weighted by atomic mass is 9.96. The third-order valence-electron chi connectivity index (χ3n) is 3.75. The van der Waals surface area contributed by atoms with Gasteiger partial charge in [0.1, 0.15) is 6.79 Å². The monoisotopic (exact) mass is 271 g/mol. The van der Waals surface area contributed by atoms with Gasteiger partial charge in [0.25, 0.3) is 0 Å². The zero-order chi connectivity index (χ0) is 13.5. The Morgan fingerprint density at radius 2 is 2.32 bits per heavy atom. The Morgan fingerprint density at radius 3 is 3.05 bits per heavy atom. The van der Waals surface area contributed by atoms with E-state index >= 15 is 0 Å². The number of likely N-dealkylation sites (tertiary alicyclic amines) is 1. The fraction of sp³-hybridized carbons (Fsp3) is 0.923. The second-order valence-corrected chi connectivity index (χ2v) is 5.28. The number of hydrogen-bond donors (Lipinski definition) is 2. The third-order valence-corrected chi connectivity index (χ3v) is 3.75. The summed E-state index contributed by atoms with van der Waals surface area (Å²) in [6.45, 7) is 5.04. The second kappa shape index (κ2) is 7.79. The van der Waals surface area contributed by atoms with Crippen LogP contribution in [0, 0.1) is 5.92 Å². The normalized spacial score (nSPS) is 29.1. The molecule has 110 valence electrons. The first-order valence-electron chi connectivity index (χ1n) is 7.19. The van der Waals surface area contributed by atoms with Crippen LogP contribution in [0.5, 0.6) is 0 Å². The van der Waals surface area contributed by atoms with Gasteiger partial charge in [-0.25, -0.2) is 0 Å². The summed E-state index contributed by atoms with van der Waals surface area (Å²) in [7, 11) is 0. The van der Waals surface area contributed by atoms with Gasteiger partial charge >= 0.3 is 0 Å². The summed E-state index contributed by atoms with van der Waals surface area (Å²) >= 11 is 0. The summed E-state index contributed by atoms with van der Waals surface area (Å²) in [6, 6.07) is 0. The lowest BCUT2D eigenvalue weighted by Gasteiger charge is -2.35. The van der Waals surface area contributed by atoms with Gasteiger partial charge in [-0.3, -0.25) is 9.69 Å². The molecule has 0 aromatic heterocycles. The summed E-state index contributed by atoms with van der Waals surface area (Å²) in [5.74, 6) is 0.239. The molecule has 0 radical (unpaired) electrons. The van der Waals surface area contributed by atoms with Crippen LogP contribution in [-0.4, -0.2) is 63.0 Å². The number of amides is 1. The molecular weight excluding hydrogens is 246 g/mol. The maximum Gasteiger partial charge on any atom is 0.224 e. The number of carbonyl (C=O) groups excluding carboxylic acids is 1. The lowest BCUT2D eigenvalue weighted by Crippen LogP contribution is -2.47. The Kier molecular flexibility index (Phi) is 6.03. The molecule has 2 aliphatic rings. The van der Waals surface area contributed by atoms with E-state index in [-0.39, 0.29) is 17.9 Å². The van der Waals surface area contributed by atoms with Crippen molar-refractivity contribution in [1.82, 2.24) is 10.2 Å². The summed E-state index contributed by atoms with van der Waals surface area (Å²) in [4.78, 5) is 14.3. The molecule has 2 atom stereocenters. The van der Waals surface area contributed by atoms with Gasteiger partial charge in [-0.2, -0.15) is 0 Å². The third kappa shape index (κ3) is 4.72. The lowest BCUT2D eigenvalue weighted by molar-refractivity contribution is -0.147. The minimum Gasteiger partial charge on any atom is -0.355 e. The Bertz CT molecular complexity index is 282. The predicted octanol–water partition coefficient (Wildman–Crippen LogP) is -0.464. The molecular formula is C13H25N3O3. The van der Waals surface area contributed by atoms with Gasteiger partial charge in [0.2, 0.25) is 5.91 Å². The number of hydrogen-bond acceptors (Lipinski definition) is 5. The number of ether oxygens (including phenoxy) is 2. The van der Waals surface area contributed by atoms with E-state index < -0.39 is 0 Å². The van der Waals surface area contributed by atoms with Gasteiger partial charge in [-0.05, 0) is 25.8 Å². The van der Waals surface area contributed by atoms with Crippen molar-refractivity contribution in [1.29, 1.82) is 0 Å². The Morgan fingerprint density at radius 1 is 1.42 bits per heavy atom. The van der Waals surface area contributed by atoms with E-state index in [4.69, 9.17) is 15.2 Å². The van der Waals surface area contributed by atoms with E-state index in [0.29, 0.717) is 19.9 Å². The molecule has 2 rings (SSSR count). The van der Waals surface area contributed by atoms with Crippen LogP contribution in [0.25, 0.3) is 0 Å². The van der Waals surface area contributed by atoms with Crippen LogP contribution >= 0.6 is 0 Å². The zero-order valence-electron chi connectivity index (χ0n) is 11.5. The van der Waals surface area contributed by atoms with Crippen LogP contribution in [0.3, 0.4) is 0 Å². The first-order chi connectivity index (χ1) is 9.29. The molecule has 2 saturated heterocycles. The maximum atomic E-state index is 12.0. The van der Waals surface area contributed by atoms with Crippen molar-refractivity contribution in [3.05, 3.63) is 0 Å². The molecule has 19 heavy (non-hydrogen) atoms. The summed E-state index contributed by atoms with van der Waals surface area (Å²) in [6.07, 6.45) is 3.24. The van der Waals surface area contributed by atoms with Crippen molar-refractivity contribution in [3.8, 4) is 0 Å². The minimum absolute atomic E-state index is 0.0974. The molecule has 6 heteroatoms. The largest absolute Gasteiger partial charge is 0.355 e. The Balaban J connectivity index is 1.74. The van der Waals surface area contributed by atoms with Crippen LogP contribution < -0.4 is 11.1 Å². The summed E-state index contributed by atoms with van der Waals surface area (Å²) in [5.41, 5.74) is 5.40. The van der Waals surface area contributed by atoms with Gasteiger partial charge in [0.05, 0.1) is 18.6 Å². The van der Waals surface area contributed by atoms with E-state index in [2.05, 4.69) is 10.2 Å². The van der Waals surface area contributed by atoms with Crippen molar-refractivity contribution in [2.24, 2.45) is 11.7 Å². The SMILES string of the molecule is NCCNC(=O)C1CCCN(CC2CCOCO2)C1. The molecule has 0 aromatic carbocycles. The molecule has 3 N–H and O–H groups in total. The van der Waals surface area contributed by atoms with Crippen molar-refractivity contribution in [3.63, 3.8) is 0 Å². The molecule has 2 aliphatic heterocycles. The predicted molar refractivity (Wildman–Crippen MR) is 71.5 cm³/mol. The number of nitrogens with one attached hydrogen (secondary N) is 1.